The van der Waals surface area contributed by atoms with Gasteiger partial charge >= 0.3 is 5.97 Å². The van der Waals surface area contributed by atoms with E-state index in [1.54, 1.807) is 0 Å². The third-order valence-corrected chi connectivity index (χ3v) is 1.29. The van der Waals surface area contributed by atoms with Gasteiger partial charge in [0.15, 0.2) is 0 Å². The van der Waals surface area contributed by atoms with Crippen molar-refractivity contribution < 1.29 is 25.2 Å². The van der Waals surface area contributed by atoms with Gasteiger partial charge in [-0.3, -0.25) is 4.79 Å². The minimum absolute atomic E-state index is 0.0446. The quantitative estimate of drug-likeness (QED) is 0.399. The van der Waals surface area contributed by atoms with Crippen LogP contribution in [0.15, 0.2) is 0 Å². The zero-order chi connectivity index (χ0) is 8.85. The number of rotatable bonds is 5. The Hall–Kier alpha value is -0.650. The number of carboxylic acids is 1. The van der Waals surface area contributed by atoms with E-state index in [2.05, 4.69) is 0 Å². The predicted molar refractivity (Wildman–Crippen MR) is 36.0 cm³/mol. The summed E-state index contributed by atoms with van der Waals surface area (Å²) < 4.78 is 0. The maximum absolute atomic E-state index is 9.96. The average Bonchev–Trinajstić information content (AvgIpc) is 1.98. The topological polar surface area (TPSA) is 98.0 Å². The van der Waals surface area contributed by atoms with Crippen molar-refractivity contribution in [3.8, 4) is 0 Å². The van der Waals surface area contributed by atoms with Crippen molar-refractivity contribution in [3.05, 3.63) is 0 Å². The standard InChI is InChI=1S/C6H12O5/c7-3-5(9)4(8)1-2-6(10)11/h4-5,7-9H,1-3H2,(H,10,11)/t4-,5-/m1/s1. The number of aliphatic carboxylic acids is 1. The van der Waals surface area contributed by atoms with Gasteiger partial charge in [-0.1, -0.05) is 0 Å². The van der Waals surface area contributed by atoms with Gasteiger partial charge in [-0.2, -0.15) is 0 Å². The molecule has 0 aromatic heterocycles. The van der Waals surface area contributed by atoms with Crippen molar-refractivity contribution in [2.45, 2.75) is 25.0 Å². The fourth-order valence-corrected chi connectivity index (χ4v) is 0.585. The molecule has 2 atom stereocenters. The summed E-state index contributed by atoms with van der Waals surface area (Å²) in [7, 11) is 0. The van der Waals surface area contributed by atoms with Gasteiger partial charge in [0.1, 0.15) is 6.10 Å². The Balaban J connectivity index is 3.51. The van der Waals surface area contributed by atoms with Crippen molar-refractivity contribution in [3.63, 3.8) is 0 Å². The fourth-order valence-electron chi connectivity index (χ4n) is 0.585. The van der Waals surface area contributed by atoms with Crippen molar-refractivity contribution >= 4 is 5.97 Å². The highest BCUT2D eigenvalue weighted by atomic mass is 16.4. The molecule has 0 unspecified atom stereocenters. The van der Waals surface area contributed by atoms with Crippen molar-refractivity contribution in [2.24, 2.45) is 0 Å². The van der Waals surface area contributed by atoms with Crippen LogP contribution >= 0.6 is 0 Å². The van der Waals surface area contributed by atoms with Gasteiger partial charge in [0.25, 0.3) is 0 Å². The van der Waals surface area contributed by atoms with E-state index in [4.69, 9.17) is 20.4 Å². The van der Waals surface area contributed by atoms with E-state index in [0.717, 1.165) is 0 Å². The SMILES string of the molecule is O=C(O)CC[C@@H](O)[C@H](O)CO. The molecule has 0 spiro atoms. The summed E-state index contributed by atoms with van der Waals surface area (Å²) in [4.78, 5) is 9.96. The van der Waals surface area contributed by atoms with Crippen LogP contribution in [0.25, 0.3) is 0 Å². The maximum atomic E-state index is 9.96. The van der Waals surface area contributed by atoms with Gasteiger partial charge in [0.2, 0.25) is 0 Å². The van der Waals surface area contributed by atoms with Crippen molar-refractivity contribution in [2.75, 3.05) is 6.61 Å². The van der Waals surface area contributed by atoms with Crippen LogP contribution in [0.1, 0.15) is 12.8 Å². The molecule has 0 amide bonds. The number of aliphatic hydroxyl groups is 3. The summed E-state index contributed by atoms with van der Waals surface area (Å²) in [5.74, 6) is -1.03. The molecule has 0 aliphatic rings. The molecule has 0 radical (unpaired) electrons. The molecule has 0 aliphatic heterocycles. The summed E-state index contributed by atoms with van der Waals surface area (Å²) >= 11 is 0. The molecule has 0 heterocycles. The molecule has 0 saturated heterocycles. The second-order valence-corrected chi connectivity index (χ2v) is 2.25. The van der Waals surface area contributed by atoms with Gasteiger partial charge in [-0.15, -0.1) is 0 Å². The molecule has 0 saturated carbocycles. The highest BCUT2D eigenvalue weighted by Crippen LogP contribution is 2.01. The van der Waals surface area contributed by atoms with E-state index < -0.39 is 24.8 Å². The molecule has 0 aliphatic carbocycles. The van der Waals surface area contributed by atoms with Gasteiger partial charge in [-0.25, -0.2) is 0 Å². The number of aliphatic hydroxyl groups excluding tert-OH is 3. The van der Waals surface area contributed by atoms with Crippen LogP contribution < -0.4 is 0 Å². The summed E-state index contributed by atoms with van der Waals surface area (Å²) in [6.07, 6.45) is -2.65. The second-order valence-electron chi connectivity index (χ2n) is 2.25. The number of hydrogen-bond donors (Lipinski definition) is 4. The summed E-state index contributed by atoms with van der Waals surface area (Å²) in [6, 6.07) is 0. The molecule has 0 aromatic carbocycles. The van der Waals surface area contributed by atoms with Crippen LogP contribution in [-0.4, -0.2) is 45.2 Å². The van der Waals surface area contributed by atoms with E-state index in [1.165, 1.54) is 0 Å². The lowest BCUT2D eigenvalue weighted by molar-refractivity contribution is -0.138. The first-order chi connectivity index (χ1) is 5.07. The summed E-state index contributed by atoms with van der Waals surface area (Å²) in [5.41, 5.74) is 0. The smallest absolute Gasteiger partial charge is 0.303 e. The molecule has 0 bridgehead atoms. The van der Waals surface area contributed by atoms with E-state index in [0.29, 0.717) is 0 Å². The molecule has 0 fully saturated rings. The Kier molecular flexibility index (Phi) is 4.76. The van der Waals surface area contributed by atoms with Gasteiger partial charge in [-0.05, 0) is 6.42 Å². The Bertz CT molecular complexity index is 124. The number of carboxylic acid groups (broad SMARTS) is 1. The molecular weight excluding hydrogens is 152 g/mol. The molecule has 0 rings (SSSR count). The van der Waals surface area contributed by atoms with Crippen molar-refractivity contribution in [1.29, 1.82) is 0 Å². The summed E-state index contributed by atoms with van der Waals surface area (Å²) in [5, 5.41) is 34.1. The number of carbonyl (C=O) groups is 1. The Morgan fingerprint density at radius 2 is 1.82 bits per heavy atom. The first-order valence-corrected chi connectivity index (χ1v) is 3.26. The lowest BCUT2D eigenvalue weighted by Gasteiger charge is -2.13. The number of hydrogen-bond acceptors (Lipinski definition) is 4. The molecule has 0 aromatic rings. The van der Waals surface area contributed by atoms with E-state index in [9.17, 15) is 4.79 Å². The van der Waals surface area contributed by atoms with Gasteiger partial charge in [0, 0.05) is 6.42 Å². The highest BCUT2D eigenvalue weighted by Gasteiger charge is 2.15. The average molecular weight is 164 g/mol. The Morgan fingerprint density at radius 1 is 1.27 bits per heavy atom. The Labute approximate surface area is 63.9 Å². The monoisotopic (exact) mass is 164 g/mol. The first-order valence-electron chi connectivity index (χ1n) is 3.26. The second kappa shape index (κ2) is 5.06. The molecule has 11 heavy (non-hydrogen) atoms. The highest BCUT2D eigenvalue weighted by molar-refractivity contribution is 5.66. The third kappa shape index (κ3) is 4.72. The van der Waals surface area contributed by atoms with E-state index in [-0.39, 0.29) is 12.8 Å². The van der Waals surface area contributed by atoms with Crippen LogP contribution in [0.2, 0.25) is 0 Å². The van der Waals surface area contributed by atoms with Crippen LogP contribution in [-0.2, 0) is 4.79 Å². The molecule has 5 heteroatoms. The maximum Gasteiger partial charge on any atom is 0.303 e. The van der Waals surface area contributed by atoms with E-state index in [1.807, 2.05) is 0 Å². The molecular formula is C6H12O5. The largest absolute Gasteiger partial charge is 0.481 e. The Morgan fingerprint density at radius 3 is 2.18 bits per heavy atom. The zero-order valence-electron chi connectivity index (χ0n) is 5.97. The van der Waals surface area contributed by atoms with Crippen LogP contribution in [0, 0.1) is 0 Å². The van der Waals surface area contributed by atoms with Crippen LogP contribution in [0.4, 0.5) is 0 Å². The predicted octanol–water partition coefficient (Wildman–Crippen LogP) is -1.43. The van der Waals surface area contributed by atoms with Crippen molar-refractivity contribution in [1.82, 2.24) is 0 Å². The normalized spacial score (nSPS) is 15.9. The molecule has 66 valence electrons. The zero-order valence-corrected chi connectivity index (χ0v) is 5.97. The fraction of sp³-hybridized carbons (Fsp3) is 0.833. The molecule has 5 nitrogen and oxygen atoms in total. The first kappa shape index (κ1) is 10.3. The third-order valence-electron chi connectivity index (χ3n) is 1.29. The lowest BCUT2D eigenvalue weighted by Crippen LogP contribution is -2.29. The van der Waals surface area contributed by atoms with Gasteiger partial charge < -0.3 is 20.4 Å². The summed E-state index contributed by atoms with van der Waals surface area (Å²) in [6.45, 7) is -0.555. The van der Waals surface area contributed by atoms with E-state index >= 15 is 0 Å². The van der Waals surface area contributed by atoms with Crippen LogP contribution in [0.3, 0.4) is 0 Å². The van der Waals surface area contributed by atoms with Gasteiger partial charge in [0.05, 0.1) is 12.7 Å². The van der Waals surface area contributed by atoms with Crippen LogP contribution in [0.5, 0.6) is 0 Å². The minimum Gasteiger partial charge on any atom is -0.481 e. The lowest BCUT2D eigenvalue weighted by atomic mass is 10.1. The minimum atomic E-state index is -1.24. The molecule has 4 N–H and O–H groups in total.